The molecule has 0 saturated carbocycles. The third-order valence-electron chi connectivity index (χ3n) is 16.9. The van der Waals surface area contributed by atoms with E-state index >= 15 is 0 Å². The Kier molecular flexibility index (Phi) is 18.5. The van der Waals surface area contributed by atoms with Crippen LogP contribution in [0.15, 0.2) is 146 Å². The zero-order valence-electron chi connectivity index (χ0n) is 51.9. The summed E-state index contributed by atoms with van der Waals surface area (Å²) in [5.41, 5.74) is 12.2. The highest BCUT2D eigenvalue weighted by atomic mass is 35.5. The number of carbonyl (C=O) groups is 2. The molecule has 2 saturated heterocycles. The fourth-order valence-electron chi connectivity index (χ4n) is 12.5. The lowest BCUT2D eigenvalue weighted by molar-refractivity contribution is 0.0836. The van der Waals surface area contributed by atoms with E-state index in [-0.39, 0.29) is 36.1 Å². The Morgan fingerprint density at radius 1 is 0.556 bits per heavy atom. The van der Waals surface area contributed by atoms with Crippen molar-refractivity contribution in [1.29, 1.82) is 10.5 Å². The van der Waals surface area contributed by atoms with E-state index in [0.717, 1.165) is 73.3 Å². The Balaban J connectivity index is 0.000000185. The van der Waals surface area contributed by atoms with Crippen molar-refractivity contribution >= 4 is 69.9 Å². The first kappa shape index (κ1) is 62.7. The standard InChI is InChI=1S/C36H38ClN7O.C35H36ClN7O2/c1-25-39-14-15-43(25)23-28-20-27-6-5-13-40-33(27)34(31-12-9-29(37)21-32(28)31)41-16-18-42(19-17-41)35(45)44(24-36(2,3)4)30-10-7-26(22-38)8-11-30;1-24-38-13-14-42(24)22-27-19-26-5-4-12-39-32(26)33(30-11-8-28(36)20-31(27)30)40-15-17-41(18-16-40)34(44)43(23-35(2,3)45)29-9-6-25(21-37)7-10-29/h5-15,20-21,34H,16-19,23-24H2,1-4H3;4-14,19-20,33,45H,15-18,22-23H2,1-3H3. The molecule has 1 N–H and O–H groups in total. The number of hydrogen-bond acceptors (Lipinski definition) is 11. The number of carbonyl (C=O) groups excluding carboxylic acids is 2. The van der Waals surface area contributed by atoms with E-state index in [1.54, 1.807) is 55.1 Å². The van der Waals surface area contributed by atoms with Gasteiger partial charge in [-0.05, 0) is 175 Å². The van der Waals surface area contributed by atoms with Crippen LogP contribution in [0.3, 0.4) is 0 Å². The fraction of sp³-hybridized carbons (Fsp3) is 0.324. The SMILES string of the molecule is Cc1nccn1CC1=Cc2cccnc2C(N2CCN(C(=O)N(CC(C)(C)C)c3ccc(C#N)cc3)CC2)c2ccc(Cl)cc21.Cc1nccn1CC1=Cc2cccnc2C(N2CCN(C(=O)N(CC(C)(C)O)c3ccc(C#N)cc3)CC2)c2ccc(Cl)cc21. The van der Waals surface area contributed by atoms with E-state index < -0.39 is 5.60 Å². The number of aryl methyl sites for hydroxylation is 2. The van der Waals surface area contributed by atoms with Gasteiger partial charge in [-0.2, -0.15) is 10.5 Å². The lowest BCUT2D eigenvalue weighted by Gasteiger charge is -2.42. The van der Waals surface area contributed by atoms with Gasteiger partial charge in [0.2, 0.25) is 0 Å². The molecule has 8 aromatic rings. The Bertz CT molecular complexity index is 3810. The average Bonchev–Trinajstić information content (AvgIpc) is 1.57. The van der Waals surface area contributed by atoms with E-state index in [2.05, 4.69) is 104 Å². The molecule has 0 spiro atoms. The lowest BCUT2D eigenvalue weighted by Crippen LogP contribution is -2.55. The predicted octanol–water partition coefficient (Wildman–Crippen LogP) is 12.8. The number of benzene rings is 4. The van der Waals surface area contributed by atoms with Crippen LogP contribution in [0.25, 0.3) is 23.3 Å². The number of nitriles is 2. The molecular weight excluding hydrogens is 1170 g/mol. The van der Waals surface area contributed by atoms with Crippen LogP contribution in [0.4, 0.5) is 21.0 Å². The van der Waals surface area contributed by atoms with Crippen LogP contribution in [-0.2, 0) is 13.1 Å². The number of amides is 4. The van der Waals surface area contributed by atoms with Gasteiger partial charge in [0, 0.05) is 131 Å². The van der Waals surface area contributed by atoms with Gasteiger partial charge in [0.15, 0.2) is 0 Å². The number of aliphatic hydroxyl groups is 1. The molecule has 19 heteroatoms. The number of allylic oxidation sites excluding steroid dienone is 2. The number of hydrogen-bond donors (Lipinski definition) is 1. The number of rotatable bonds is 11. The van der Waals surface area contributed by atoms with Crippen molar-refractivity contribution in [3.05, 3.63) is 224 Å². The minimum Gasteiger partial charge on any atom is -0.389 e. The zero-order valence-corrected chi connectivity index (χ0v) is 53.4. The summed E-state index contributed by atoms with van der Waals surface area (Å²) in [5.74, 6) is 1.89. The van der Waals surface area contributed by atoms with E-state index in [1.807, 2.05) is 108 Å². The molecule has 2 aliphatic heterocycles. The summed E-state index contributed by atoms with van der Waals surface area (Å²) in [6.07, 6.45) is 15.8. The number of urea groups is 2. The molecule has 90 heavy (non-hydrogen) atoms. The number of piperazine rings is 2. The predicted molar refractivity (Wildman–Crippen MR) is 355 cm³/mol. The Hall–Kier alpha value is -8.94. The Labute approximate surface area is 537 Å². The summed E-state index contributed by atoms with van der Waals surface area (Å²) < 4.78 is 4.28. The van der Waals surface area contributed by atoms with E-state index in [4.69, 9.17) is 33.2 Å². The number of aromatic nitrogens is 6. The molecule has 12 rings (SSSR count). The van der Waals surface area contributed by atoms with Crippen LogP contribution < -0.4 is 9.80 Å². The van der Waals surface area contributed by atoms with Crippen molar-refractivity contribution in [3.8, 4) is 12.1 Å². The summed E-state index contributed by atoms with van der Waals surface area (Å²) in [4.78, 5) is 58.8. The molecule has 0 bridgehead atoms. The summed E-state index contributed by atoms with van der Waals surface area (Å²) in [7, 11) is 0. The van der Waals surface area contributed by atoms with E-state index in [9.17, 15) is 25.2 Å². The van der Waals surface area contributed by atoms with Crippen molar-refractivity contribution in [2.45, 2.75) is 79.2 Å². The van der Waals surface area contributed by atoms with Crippen LogP contribution in [0.5, 0.6) is 0 Å². The normalized spacial score (nSPS) is 16.7. The first-order valence-corrected chi connectivity index (χ1v) is 31.2. The largest absolute Gasteiger partial charge is 0.389 e. The maximum atomic E-state index is 14.1. The monoisotopic (exact) mass is 1240 g/mol. The molecule has 4 amide bonds. The van der Waals surface area contributed by atoms with Crippen molar-refractivity contribution < 1.29 is 14.7 Å². The third-order valence-corrected chi connectivity index (χ3v) is 17.4. The number of imidazole rings is 2. The van der Waals surface area contributed by atoms with Gasteiger partial charge in [0.25, 0.3) is 0 Å². The van der Waals surface area contributed by atoms with Crippen molar-refractivity contribution in [1.82, 2.24) is 48.7 Å². The van der Waals surface area contributed by atoms with E-state index in [1.165, 1.54) is 0 Å². The van der Waals surface area contributed by atoms with Crippen molar-refractivity contribution in [3.63, 3.8) is 0 Å². The summed E-state index contributed by atoms with van der Waals surface area (Å²) in [5, 5.41) is 30.5. The number of anilines is 2. The molecule has 2 unspecified atom stereocenters. The minimum atomic E-state index is -1.11. The number of halogens is 2. The molecule has 6 heterocycles. The topological polar surface area (TPSA) is 183 Å². The Morgan fingerprint density at radius 3 is 1.31 bits per heavy atom. The average molecular weight is 1240 g/mol. The van der Waals surface area contributed by atoms with Crippen molar-refractivity contribution in [2.24, 2.45) is 5.41 Å². The molecule has 4 aliphatic rings. The molecule has 2 fully saturated rings. The van der Waals surface area contributed by atoms with Gasteiger partial charge in [-0.25, -0.2) is 19.6 Å². The highest BCUT2D eigenvalue weighted by Gasteiger charge is 2.38. The quantitative estimate of drug-likeness (QED) is 0.130. The lowest BCUT2D eigenvalue weighted by atomic mass is 9.93. The first-order valence-electron chi connectivity index (χ1n) is 30.4. The molecule has 2 atom stereocenters. The second-order valence-electron chi connectivity index (χ2n) is 25.2. The number of fused-ring (bicyclic) bond motifs is 4. The van der Waals surface area contributed by atoms with Gasteiger partial charge in [-0.3, -0.25) is 29.6 Å². The summed E-state index contributed by atoms with van der Waals surface area (Å²) in [6, 6.07) is 38.5. The maximum absolute atomic E-state index is 14.1. The highest BCUT2D eigenvalue weighted by Crippen LogP contribution is 2.43. The molecule has 2 aliphatic carbocycles. The second-order valence-corrected chi connectivity index (χ2v) is 26.1. The molecular formula is C71H74Cl2N14O3. The highest BCUT2D eigenvalue weighted by molar-refractivity contribution is 6.31. The molecule has 460 valence electrons. The molecule has 0 radical (unpaired) electrons. The van der Waals surface area contributed by atoms with Crippen LogP contribution in [-0.4, -0.2) is 137 Å². The smallest absolute Gasteiger partial charge is 0.324 e. The number of nitrogens with zero attached hydrogens (tertiary/aromatic N) is 14. The maximum Gasteiger partial charge on any atom is 0.324 e. The third kappa shape index (κ3) is 14.1. The first-order chi connectivity index (χ1) is 43.2. The van der Waals surface area contributed by atoms with Gasteiger partial charge in [-0.15, -0.1) is 0 Å². The van der Waals surface area contributed by atoms with Crippen LogP contribution in [0.2, 0.25) is 10.0 Å². The van der Waals surface area contributed by atoms with Gasteiger partial charge < -0.3 is 24.0 Å². The Morgan fingerprint density at radius 2 is 0.956 bits per heavy atom. The molecule has 17 nitrogen and oxygen atoms in total. The van der Waals surface area contributed by atoms with Crippen LogP contribution in [0, 0.1) is 41.9 Å². The zero-order chi connectivity index (χ0) is 63.4. The van der Waals surface area contributed by atoms with Crippen molar-refractivity contribution in [2.75, 3.05) is 75.2 Å². The van der Waals surface area contributed by atoms with Crippen LogP contribution >= 0.6 is 23.2 Å². The molecule has 4 aromatic heterocycles. The summed E-state index contributed by atoms with van der Waals surface area (Å²) in [6.45, 7) is 20.6. The fourth-order valence-corrected chi connectivity index (χ4v) is 12.8. The van der Waals surface area contributed by atoms with Gasteiger partial charge in [-0.1, -0.05) is 68.2 Å². The van der Waals surface area contributed by atoms with Gasteiger partial charge in [0.1, 0.15) is 11.6 Å². The minimum absolute atomic E-state index is 0.0134. The number of pyridine rings is 2. The second kappa shape index (κ2) is 26.6. The molecule has 4 aromatic carbocycles. The van der Waals surface area contributed by atoms with Gasteiger partial charge in [0.05, 0.1) is 58.9 Å². The summed E-state index contributed by atoms with van der Waals surface area (Å²) >= 11 is 13.2. The van der Waals surface area contributed by atoms with Gasteiger partial charge >= 0.3 is 12.1 Å². The van der Waals surface area contributed by atoms with Crippen LogP contribution in [0.1, 0.15) is 114 Å². The van der Waals surface area contributed by atoms with E-state index in [0.29, 0.717) is 98.9 Å².